The van der Waals surface area contributed by atoms with Crippen molar-refractivity contribution >= 4 is 18.0 Å². The molecule has 4 bridgehead atoms. The predicted molar refractivity (Wildman–Crippen MR) is 187 cm³/mol. The Kier molecular flexibility index (Phi) is 14.3. The summed E-state index contributed by atoms with van der Waals surface area (Å²) in [4.78, 5) is 41.8. The molecule has 10 heteroatoms. The number of carbonyl (C=O) groups excluding carboxylic acids is 3. The van der Waals surface area contributed by atoms with Crippen LogP contribution in [0.4, 0.5) is 4.79 Å². The molecule has 0 aromatic rings. The number of amides is 1. The molecule has 4 aliphatic heterocycles. The highest BCUT2D eigenvalue weighted by Crippen LogP contribution is 2.40. The van der Waals surface area contributed by atoms with Crippen LogP contribution < -0.4 is 0 Å². The van der Waals surface area contributed by atoms with Gasteiger partial charge in [0.15, 0.2) is 0 Å². The maximum Gasteiger partial charge on any atom is 0.410 e. The summed E-state index contributed by atoms with van der Waals surface area (Å²) in [5, 5.41) is 0. The first-order chi connectivity index (χ1) is 23.1. The van der Waals surface area contributed by atoms with Gasteiger partial charge in [-0.25, -0.2) is 4.79 Å². The first-order valence-electron chi connectivity index (χ1n) is 19.4. The SMILES string of the molecule is CCC[C@H]1C[C@@H]2CC[C@@H](O2)[C@H](C)C(=O)O[C@@H]([C@H](C)[C@H]2CC[C@@H](C[C@@H](CCC)N(C)C(=O)OC(C)(C)C)O2)[C@H](C)[C@@H]2CC[C@@H](O2)[C@@H](C)C(=O)O1. The Morgan fingerprint density at radius 3 is 2.12 bits per heavy atom. The Balaban J connectivity index is 1.49. The third-order valence-corrected chi connectivity index (χ3v) is 11.5. The fourth-order valence-corrected chi connectivity index (χ4v) is 8.37. The van der Waals surface area contributed by atoms with Crippen LogP contribution >= 0.6 is 0 Å². The van der Waals surface area contributed by atoms with Crippen LogP contribution in [-0.2, 0) is 38.0 Å². The molecule has 4 aliphatic rings. The number of hydrogen-bond donors (Lipinski definition) is 0. The smallest absolute Gasteiger partial charge is 0.410 e. The molecular formula is C39H67NO9. The number of ether oxygens (including phenoxy) is 6. The van der Waals surface area contributed by atoms with Crippen LogP contribution in [0.2, 0.25) is 0 Å². The van der Waals surface area contributed by atoms with Gasteiger partial charge in [0.2, 0.25) is 0 Å². The van der Waals surface area contributed by atoms with Gasteiger partial charge in [-0.15, -0.1) is 0 Å². The summed E-state index contributed by atoms with van der Waals surface area (Å²) in [6, 6.07) is 0.00383. The molecule has 4 saturated heterocycles. The quantitative estimate of drug-likeness (QED) is 0.178. The molecule has 49 heavy (non-hydrogen) atoms. The van der Waals surface area contributed by atoms with E-state index in [1.54, 1.807) is 4.90 Å². The largest absolute Gasteiger partial charge is 0.462 e. The van der Waals surface area contributed by atoms with Gasteiger partial charge in [-0.1, -0.05) is 40.5 Å². The van der Waals surface area contributed by atoms with E-state index in [-0.39, 0.29) is 84.6 Å². The Morgan fingerprint density at radius 2 is 1.47 bits per heavy atom. The van der Waals surface area contributed by atoms with Crippen LogP contribution in [0.15, 0.2) is 0 Å². The normalized spacial score (nSPS) is 37.3. The van der Waals surface area contributed by atoms with E-state index in [4.69, 9.17) is 28.4 Å². The average Bonchev–Trinajstić information content (AvgIpc) is 3.82. The van der Waals surface area contributed by atoms with Crippen molar-refractivity contribution in [3.05, 3.63) is 0 Å². The second kappa shape index (κ2) is 17.5. The van der Waals surface area contributed by atoms with Crippen molar-refractivity contribution in [1.29, 1.82) is 0 Å². The lowest BCUT2D eigenvalue weighted by molar-refractivity contribution is -0.175. The van der Waals surface area contributed by atoms with Crippen molar-refractivity contribution in [1.82, 2.24) is 4.90 Å². The summed E-state index contributed by atoms with van der Waals surface area (Å²) in [5.74, 6) is -1.43. The number of nitrogens with zero attached hydrogens (tertiary/aromatic N) is 1. The van der Waals surface area contributed by atoms with Gasteiger partial charge >= 0.3 is 18.0 Å². The van der Waals surface area contributed by atoms with Crippen LogP contribution in [-0.4, -0.2) is 90.5 Å². The van der Waals surface area contributed by atoms with Crippen molar-refractivity contribution in [2.45, 2.75) is 200 Å². The van der Waals surface area contributed by atoms with Gasteiger partial charge in [0.1, 0.15) is 17.8 Å². The lowest BCUT2D eigenvalue weighted by Gasteiger charge is -2.37. The van der Waals surface area contributed by atoms with E-state index in [0.717, 1.165) is 70.6 Å². The van der Waals surface area contributed by atoms with Crippen LogP contribution in [0.3, 0.4) is 0 Å². The standard InChI is InChI=1S/C39H67NO9/c1-11-13-27(40(10)38(43)49-39(7,8)9)21-29-15-17-31(44-29)23(3)35-24(4)32-19-20-34(47-32)26(6)36(41)46-28(14-12-2)22-30-16-18-33(45-30)25(5)37(42)48-35/h23-35H,11-22H2,1-10H3/t23-,24-,25+,26-,27-,28+,29+,30+,31-,32+,33-,34-,35+/m1/s1. The molecule has 4 rings (SSSR count). The van der Waals surface area contributed by atoms with E-state index >= 15 is 0 Å². The highest BCUT2D eigenvalue weighted by atomic mass is 16.6. The number of carbonyl (C=O) groups is 3. The molecule has 0 aromatic heterocycles. The Hall–Kier alpha value is -1.91. The number of cyclic esters (lactones) is 2. The van der Waals surface area contributed by atoms with Crippen LogP contribution in [0, 0.1) is 23.7 Å². The van der Waals surface area contributed by atoms with Crippen molar-refractivity contribution < 1.29 is 42.8 Å². The van der Waals surface area contributed by atoms with E-state index in [1.807, 2.05) is 41.7 Å². The maximum atomic E-state index is 13.9. The van der Waals surface area contributed by atoms with Crippen molar-refractivity contribution in [2.75, 3.05) is 7.05 Å². The second-order valence-electron chi connectivity index (χ2n) is 16.6. The van der Waals surface area contributed by atoms with Gasteiger partial charge < -0.3 is 33.3 Å². The molecule has 0 N–H and O–H groups in total. The van der Waals surface area contributed by atoms with Gasteiger partial charge in [0, 0.05) is 31.3 Å². The minimum Gasteiger partial charge on any atom is -0.462 e. The average molecular weight is 694 g/mol. The molecule has 4 heterocycles. The third-order valence-electron chi connectivity index (χ3n) is 11.5. The lowest BCUT2D eigenvalue weighted by Crippen LogP contribution is -2.45. The summed E-state index contributed by atoms with van der Waals surface area (Å²) in [6.45, 7) is 17.9. The highest BCUT2D eigenvalue weighted by Gasteiger charge is 2.46. The molecule has 13 atom stereocenters. The predicted octanol–water partition coefficient (Wildman–Crippen LogP) is 7.63. The fourth-order valence-electron chi connectivity index (χ4n) is 8.37. The van der Waals surface area contributed by atoms with Gasteiger partial charge in [0.25, 0.3) is 0 Å². The van der Waals surface area contributed by atoms with Crippen molar-refractivity contribution in [3.8, 4) is 0 Å². The Morgan fingerprint density at radius 1 is 0.837 bits per heavy atom. The zero-order chi connectivity index (χ0) is 36.0. The summed E-state index contributed by atoms with van der Waals surface area (Å²) in [7, 11) is 1.82. The highest BCUT2D eigenvalue weighted by molar-refractivity contribution is 5.73. The van der Waals surface area contributed by atoms with E-state index in [1.165, 1.54) is 0 Å². The molecule has 10 nitrogen and oxygen atoms in total. The first kappa shape index (κ1) is 39.9. The molecule has 0 aliphatic carbocycles. The van der Waals surface area contributed by atoms with Crippen molar-refractivity contribution in [3.63, 3.8) is 0 Å². The van der Waals surface area contributed by atoms with E-state index in [9.17, 15) is 14.4 Å². The third kappa shape index (κ3) is 10.6. The molecule has 0 saturated carbocycles. The van der Waals surface area contributed by atoms with E-state index < -0.39 is 17.6 Å². The van der Waals surface area contributed by atoms with Gasteiger partial charge in [-0.2, -0.15) is 0 Å². The zero-order valence-corrected chi connectivity index (χ0v) is 32.1. The van der Waals surface area contributed by atoms with Crippen LogP contribution in [0.25, 0.3) is 0 Å². The van der Waals surface area contributed by atoms with Crippen LogP contribution in [0.1, 0.15) is 139 Å². The van der Waals surface area contributed by atoms with Crippen LogP contribution in [0.5, 0.6) is 0 Å². The van der Waals surface area contributed by atoms with Gasteiger partial charge in [0.05, 0.1) is 48.5 Å². The Labute approximate surface area is 296 Å². The van der Waals surface area contributed by atoms with Gasteiger partial charge in [-0.05, 0) is 92.4 Å². The zero-order valence-electron chi connectivity index (χ0n) is 32.1. The fraction of sp³-hybridized carbons (Fsp3) is 0.923. The van der Waals surface area contributed by atoms with E-state index in [2.05, 4.69) is 27.7 Å². The summed E-state index contributed by atoms with van der Waals surface area (Å²) in [6.07, 6.45) is 8.02. The van der Waals surface area contributed by atoms with Gasteiger partial charge in [-0.3, -0.25) is 9.59 Å². The van der Waals surface area contributed by atoms with Crippen molar-refractivity contribution in [2.24, 2.45) is 23.7 Å². The minimum absolute atomic E-state index is 0.00383. The topological polar surface area (TPSA) is 110 Å². The molecule has 282 valence electrons. The molecule has 1 amide bonds. The lowest BCUT2D eigenvalue weighted by atomic mass is 9.84. The summed E-state index contributed by atoms with van der Waals surface area (Å²) in [5.41, 5.74) is -0.559. The molecule has 0 spiro atoms. The van der Waals surface area contributed by atoms with E-state index in [0.29, 0.717) is 6.42 Å². The summed E-state index contributed by atoms with van der Waals surface area (Å²) < 4.78 is 38.0. The molecular weight excluding hydrogens is 626 g/mol. The maximum absolute atomic E-state index is 13.9. The monoisotopic (exact) mass is 693 g/mol. The molecule has 0 radical (unpaired) electrons. The minimum atomic E-state index is -0.559. The Bertz CT molecular complexity index is 1090. The summed E-state index contributed by atoms with van der Waals surface area (Å²) >= 11 is 0. The molecule has 0 unspecified atom stereocenters. The number of esters is 2. The molecule has 0 aromatic carbocycles. The second-order valence-corrected chi connectivity index (χ2v) is 16.6. The molecule has 4 fully saturated rings. The number of rotatable bonds is 9. The number of hydrogen-bond acceptors (Lipinski definition) is 9. The first-order valence-corrected chi connectivity index (χ1v) is 19.4. The number of fused-ring (bicyclic) bond motifs is 4.